The van der Waals surface area contributed by atoms with Gasteiger partial charge in [0.2, 0.25) is 0 Å². The quantitative estimate of drug-likeness (QED) is 0.798. The van der Waals surface area contributed by atoms with Gasteiger partial charge >= 0.3 is 0 Å². The van der Waals surface area contributed by atoms with Crippen molar-refractivity contribution in [3.05, 3.63) is 60.0 Å². The molecule has 1 aromatic carbocycles. The summed E-state index contributed by atoms with van der Waals surface area (Å²) in [5, 5.41) is 7.53. The second kappa shape index (κ2) is 6.55. The molecule has 0 radical (unpaired) electrons. The topological polar surface area (TPSA) is 62.5 Å². The second-order valence-electron chi connectivity index (χ2n) is 6.42. The van der Waals surface area contributed by atoms with Gasteiger partial charge in [0.25, 0.3) is 5.91 Å². The van der Waals surface area contributed by atoms with E-state index in [4.69, 9.17) is 0 Å². The number of amides is 1. The molecule has 0 aliphatic carbocycles. The van der Waals surface area contributed by atoms with Crippen molar-refractivity contribution >= 4 is 17.2 Å². The van der Waals surface area contributed by atoms with Crippen LogP contribution in [0.4, 0.5) is 5.69 Å². The first-order valence-electron chi connectivity index (χ1n) is 8.63. The van der Waals surface area contributed by atoms with Crippen LogP contribution in [0.25, 0.3) is 5.65 Å². The first-order chi connectivity index (χ1) is 12.2. The van der Waals surface area contributed by atoms with Gasteiger partial charge in [-0.15, -0.1) is 0 Å². The summed E-state index contributed by atoms with van der Waals surface area (Å²) in [6.45, 7) is 3.74. The molecule has 0 bridgehead atoms. The number of anilines is 1. The average Bonchev–Trinajstić information content (AvgIpc) is 2.99. The van der Waals surface area contributed by atoms with E-state index in [-0.39, 0.29) is 11.9 Å². The number of carbonyl (C=O) groups is 1. The monoisotopic (exact) mass is 335 g/mol. The van der Waals surface area contributed by atoms with Gasteiger partial charge in [-0.1, -0.05) is 18.2 Å². The lowest BCUT2D eigenvalue weighted by Crippen LogP contribution is -2.44. The van der Waals surface area contributed by atoms with Crippen LogP contribution in [0.15, 0.2) is 48.8 Å². The number of fused-ring (bicyclic) bond motifs is 1. The molecule has 1 saturated heterocycles. The number of piperidine rings is 1. The standard InChI is InChI=1S/C19H21N5O/c1-14-17(18-20-10-5-11-24(18)22-14)19(25)21-15-8-12-23(13-9-15)16-6-3-2-4-7-16/h2-7,10-11,15H,8-9,12-13H2,1H3,(H,21,25). The molecule has 0 atom stereocenters. The van der Waals surface area contributed by atoms with Gasteiger partial charge in [-0.2, -0.15) is 5.10 Å². The zero-order chi connectivity index (χ0) is 17.2. The van der Waals surface area contributed by atoms with Crippen LogP contribution in [0, 0.1) is 6.92 Å². The number of benzene rings is 1. The molecule has 0 unspecified atom stereocenters. The summed E-state index contributed by atoms with van der Waals surface area (Å²) in [7, 11) is 0. The third-order valence-electron chi connectivity index (χ3n) is 4.75. The molecule has 1 N–H and O–H groups in total. The van der Waals surface area contributed by atoms with E-state index in [1.165, 1.54) is 5.69 Å². The number of hydrogen-bond donors (Lipinski definition) is 1. The maximum atomic E-state index is 12.7. The average molecular weight is 335 g/mol. The Bertz CT molecular complexity index is 881. The first kappa shape index (κ1) is 15.6. The second-order valence-corrected chi connectivity index (χ2v) is 6.42. The Morgan fingerprint density at radius 2 is 1.92 bits per heavy atom. The highest BCUT2D eigenvalue weighted by molar-refractivity contribution is 6.01. The Morgan fingerprint density at radius 3 is 2.68 bits per heavy atom. The fourth-order valence-electron chi connectivity index (χ4n) is 3.44. The van der Waals surface area contributed by atoms with Crippen LogP contribution < -0.4 is 10.2 Å². The van der Waals surface area contributed by atoms with Crippen LogP contribution in [-0.2, 0) is 0 Å². The number of rotatable bonds is 3. The number of nitrogens with one attached hydrogen (secondary N) is 1. The van der Waals surface area contributed by atoms with Gasteiger partial charge < -0.3 is 10.2 Å². The van der Waals surface area contributed by atoms with E-state index in [0.717, 1.165) is 25.9 Å². The van der Waals surface area contributed by atoms with Crippen LogP contribution in [-0.4, -0.2) is 39.6 Å². The fourth-order valence-corrected chi connectivity index (χ4v) is 3.44. The Kier molecular flexibility index (Phi) is 4.09. The van der Waals surface area contributed by atoms with Gasteiger partial charge in [0.15, 0.2) is 5.65 Å². The lowest BCUT2D eigenvalue weighted by molar-refractivity contribution is 0.0932. The molecular formula is C19H21N5O. The van der Waals surface area contributed by atoms with Gasteiger partial charge in [0.1, 0.15) is 5.56 Å². The Morgan fingerprint density at radius 1 is 1.16 bits per heavy atom. The molecule has 6 heteroatoms. The van der Waals surface area contributed by atoms with E-state index in [9.17, 15) is 4.79 Å². The fraction of sp³-hybridized carbons (Fsp3) is 0.316. The molecule has 0 spiro atoms. The minimum atomic E-state index is -0.0793. The lowest BCUT2D eigenvalue weighted by Gasteiger charge is -2.33. The summed E-state index contributed by atoms with van der Waals surface area (Å²) in [6.07, 6.45) is 5.37. The number of para-hydroxylation sites is 1. The Hall–Kier alpha value is -2.89. The van der Waals surface area contributed by atoms with Crippen molar-refractivity contribution in [3.63, 3.8) is 0 Å². The minimum absolute atomic E-state index is 0.0793. The van der Waals surface area contributed by atoms with E-state index in [1.807, 2.05) is 19.2 Å². The summed E-state index contributed by atoms with van der Waals surface area (Å²) < 4.78 is 1.66. The third-order valence-corrected chi connectivity index (χ3v) is 4.75. The third kappa shape index (κ3) is 3.07. The van der Waals surface area contributed by atoms with Gasteiger partial charge in [-0.3, -0.25) is 4.79 Å². The molecule has 3 heterocycles. The van der Waals surface area contributed by atoms with Gasteiger partial charge in [0, 0.05) is 37.2 Å². The largest absolute Gasteiger partial charge is 0.371 e. The van der Waals surface area contributed by atoms with Crippen molar-refractivity contribution in [2.45, 2.75) is 25.8 Å². The molecule has 1 fully saturated rings. The summed E-state index contributed by atoms with van der Waals surface area (Å²) in [5.41, 5.74) is 3.14. The Balaban J connectivity index is 1.43. The molecule has 1 amide bonds. The molecule has 2 aromatic heterocycles. The van der Waals surface area contributed by atoms with Crippen molar-refractivity contribution in [1.82, 2.24) is 19.9 Å². The molecule has 128 valence electrons. The summed E-state index contributed by atoms with van der Waals surface area (Å²) in [4.78, 5) is 19.4. The predicted octanol–water partition coefficient (Wildman–Crippen LogP) is 2.44. The zero-order valence-corrected chi connectivity index (χ0v) is 14.2. The molecule has 6 nitrogen and oxygen atoms in total. The number of hydrogen-bond acceptors (Lipinski definition) is 4. The summed E-state index contributed by atoms with van der Waals surface area (Å²) in [6, 6.07) is 12.4. The molecule has 1 aliphatic heterocycles. The van der Waals surface area contributed by atoms with Crippen molar-refractivity contribution in [3.8, 4) is 0 Å². The number of aryl methyl sites for hydroxylation is 1. The molecular weight excluding hydrogens is 314 g/mol. The van der Waals surface area contributed by atoms with Crippen LogP contribution >= 0.6 is 0 Å². The zero-order valence-electron chi connectivity index (χ0n) is 14.2. The number of nitrogens with zero attached hydrogens (tertiary/aromatic N) is 4. The lowest BCUT2D eigenvalue weighted by atomic mass is 10.0. The normalized spacial score (nSPS) is 15.5. The smallest absolute Gasteiger partial charge is 0.257 e. The molecule has 3 aromatic rings. The van der Waals surface area contributed by atoms with Crippen LogP contribution in [0.2, 0.25) is 0 Å². The van der Waals surface area contributed by atoms with E-state index >= 15 is 0 Å². The predicted molar refractivity (Wildman–Crippen MR) is 96.9 cm³/mol. The molecule has 1 aliphatic rings. The van der Waals surface area contributed by atoms with E-state index in [0.29, 0.717) is 16.9 Å². The summed E-state index contributed by atoms with van der Waals surface area (Å²) >= 11 is 0. The van der Waals surface area contributed by atoms with E-state index in [2.05, 4.69) is 44.6 Å². The van der Waals surface area contributed by atoms with Gasteiger partial charge in [-0.25, -0.2) is 9.50 Å². The van der Waals surface area contributed by atoms with Gasteiger partial charge in [0.05, 0.1) is 5.69 Å². The first-order valence-corrected chi connectivity index (χ1v) is 8.63. The SMILES string of the molecule is Cc1nn2cccnc2c1C(=O)NC1CCN(c2ccccc2)CC1. The van der Waals surface area contributed by atoms with E-state index < -0.39 is 0 Å². The van der Waals surface area contributed by atoms with Crippen molar-refractivity contribution in [1.29, 1.82) is 0 Å². The summed E-state index contributed by atoms with van der Waals surface area (Å²) in [5.74, 6) is -0.0793. The highest BCUT2D eigenvalue weighted by atomic mass is 16.1. The van der Waals surface area contributed by atoms with Crippen LogP contribution in [0.3, 0.4) is 0 Å². The molecule has 25 heavy (non-hydrogen) atoms. The Labute approximate surface area is 146 Å². The number of carbonyl (C=O) groups excluding carboxylic acids is 1. The highest BCUT2D eigenvalue weighted by Crippen LogP contribution is 2.20. The van der Waals surface area contributed by atoms with Crippen molar-refractivity contribution in [2.24, 2.45) is 0 Å². The minimum Gasteiger partial charge on any atom is -0.371 e. The van der Waals surface area contributed by atoms with E-state index in [1.54, 1.807) is 16.8 Å². The van der Waals surface area contributed by atoms with Crippen molar-refractivity contribution < 1.29 is 4.79 Å². The maximum absolute atomic E-state index is 12.7. The van der Waals surface area contributed by atoms with Crippen LogP contribution in [0.1, 0.15) is 28.9 Å². The van der Waals surface area contributed by atoms with Crippen molar-refractivity contribution in [2.75, 3.05) is 18.0 Å². The van der Waals surface area contributed by atoms with Crippen LogP contribution in [0.5, 0.6) is 0 Å². The number of aromatic nitrogens is 3. The maximum Gasteiger partial charge on any atom is 0.257 e. The van der Waals surface area contributed by atoms with Gasteiger partial charge in [-0.05, 0) is 38.0 Å². The molecule has 0 saturated carbocycles. The highest BCUT2D eigenvalue weighted by Gasteiger charge is 2.24. The molecule has 4 rings (SSSR count).